The Labute approximate surface area is 134 Å². The van der Waals surface area contributed by atoms with Gasteiger partial charge in [-0.25, -0.2) is 12.8 Å². The zero-order chi connectivity index (χ0) is 17.2. The van der Waals surface area contributed by atoms with Crippen LogP contribution < -0.4 is 9.62 Å². The monoisotopic (exact) mass is 336 g/mol. The third-order valence-corrected chi connectivity index (χ3v) is 4.61. The molecule has 2 aromatic carbocycles. The fourth-order valence-electron chi connectivity index (χ4n) is 2.08. The van der Waals surface area contributed by atoms with Gasteiger partial charge in [0.15, 0.2) is 0 Å². The van der Waals surface area contributed by atoms with E-state index >= 15 is 0 Å². The lowest BCUT2D eigenvalue weighted by Crippen LogP contribution is -2.27. The predicted molar refractivity (Wildman–Crippen MR) is 88.8 cm³/mol. The third-order valence-electron chi connectivity index (χ3n) is 3.42. The van der Waals surface area contributed by atoms with Crippen molar-refractivity contribution in [3.8, 4) is 0 Å². The van der Waals surface area contributed by atoms with Crippen LogP contribution in [0.2, 0.25) is 0 Å². The number of nitrogens with one attached hydrogen (secondary N) is 1. The van der Waals surface area contributed by atoms with Crippen LogP contribution in [0.5, 0.6) is 0 Å². The van der Waals surface area contributed by atoms with E-state index in [1.807, 2.05) is 0 Å². The summed E-state index contributed by atoms with van der Waals surface area (Å²) < 4.78 is 37.6. The lowest BCUT2D eigenvalue weighted by molar-refractivity contribution is 0.102. The number of para-hydroxylation sites is 1. The van der Waals surface area contributed by atoms with Crippen molar-refractivity contribution in [3.63, 3.8) is 0 Å². The summed E-state index contributed by atoms with van der Waals surface area (Å²) in [6.07, 6.45) is 1.06. The lowest BCUT2D eigenvalue weighted by atomic mass is 10.1. The van der Waals surface area contributed by atoms with Gasteiger partial charge in [-0.05, 0) is 42.8 Å². The largest absolute Gasteiger partial charge is 0.322 e. The molecule has 1 N–H and O–H groups in total. The standard InChI is InChI=1S/C16H17FN2O3S/c1-11-10-12(17)8-9-14(11)18-16(20)13-6-4-5-7-15(13)19(2)23(3,21)22/h4-10H,1-3H3,(H,18,20). The summed E-state index contributed by atoms with van der Waals surface area (Å²) in [6.45, 7) is 1.67. The van der Waals surface area contributed by atoms with Gasteiger partial charge in [0.1, 0.15) is 5.82 Å². The highest BCUT2D eigenvalue weighted by Crippen LogP contribution is 2.23. The zero-order valence-corrected chi connectivity index (χ0v) is 13.8. The lowest BCUT2D eigenvalue weighted by Gasteiger charge is -2.20. The molecule has 0 radical (unpaired) electrons. The Bertz CT molecular complexity index is 850. The molecule has 5 nitrogen and oxygen atoms in total. The predicted octanol–water partition coefficient (Wildman–Crippen LogP) is 2.78. The molecule has 1 amide bonds. The second-order valence-electron chi connectivity index (χ2n) is 5.16. The van der Waals surface area contributed by atoms with Crippen LogP contribution in [0.4, 0.5) is 15.8 Å². The van der Waals surface area contributed by atoms with E-state index in [4.69, 9.17) is 0 Å². The van der Waals surface area contributed by atoms with Crippen molar-refractivity contribution in [2.24, 2.45) is 0 Å². The van der Waals surface area contributed by atoms with Gasteiger partial charge in [0.05, 0.1) is 17.5 Å². The van der Waals surface area contributed by atoms with E-state index in [-0.39, 0.29) is 11.3 Å². The van der Waals surface area contributed by atoms with E-state index in [1.54, 1.807) is 25.1 Å². The number of halogens is 1. The molecular formula is C16H17FN2O3S. The fourth-order valence-corrected chi connectivity index (χ4v) is 2.59. The molecule has 0 saturated carbocycles. The molecule has 2 rings (SSSR count). The van der Waals surface area contributed by atoms with Gasteiger partial charge in [0, 0.05) is 12.7 Å². The Morgan fingerprint density at radius 1 is 1.17 bits per heavy atom. The Hall–Kier alpha value is -2.41. The topological polar surface area (TPSA) is 66.5 Å². The molecule has 0 atom stereocenters. The minimum Gasteiger partial charge on any atom is -0.322 e. The SMILES string of the molecule is Cc1cc(F)ccc1NC(=O)c1ccccc1N(C)S(C)(=O)=O. The molecule has 2 aromatic rings. The summed E-state index contributed by atoms with van der Waals surface area (Å²) in [5, 5.41) is 2.67. The van der Waals surface area contributed by atoms with Crippen LogP contribution in [0.1, 0.15) is 15.9 Å². The van der Waals surface area contributed by atoms with Crippen molar-refractivity contribution < 1.29 is 17.6 Å². The van der Waals surface area contributed by atoms with Gasteiger partial charge in [0.2, 0.25) is 10.0 Å². The van der Waals surface area contributed by atoms with Crippen LogP contribution in [0.25, 0.3) is 0 Å². The molecule has 0 aromatic heterocycles. The number of amides is 1. The zero-order valence-electron chi connectivity index (χ0n) is 13.0. The third kappa shape index (κ3) is 3.87. The molecule has 0 aliphatic rings. The second-order valence-corrected chi connectivity index (χ2v) is 7.17. The molecule has 0 spiro atoms. The molecule has 122 valence electrons. The highest BCUT2D eigenvalue weighted by molar-refractivity contribution is 7.92. The number of benzene rings is 2. The molecule has 0 bridgehead atoms. The highest BCUT2D eigenvalue weighted by atomic mass is 32.2. The van der Waals surface area contributed by atoms with Gasteiger partial charge in [-0.3, -0.25) is 9.10 Å². The van der Waals surface area contributed by atoms with E-state index in [0.29, 0.717) is 11.3 Å². The highest BCUT2D eigenvalue weighted by Gasteiger charge is 2.19. The number of hydrogen-bond acceptors (Lipinski definition) is 3. The van der Waals surface area contributed by atoms with Crippen LogP contribution >= 0.6 is 0 Å². The molecule has 0 aliphatic heterocycles. The normalized spacial score (nSPS) is 11.1. The van der Waals surface area contributed by atoms with Crippen LogP contribution in [-0.2, 0) is 10.0 Å². The summed E-state index contributed by atoms with van der Waals surface area (Å²) >= 11 is 0. The second kappa shape index (κ2) is 6.37. The molecular weight excluding hydrogens is 319 g/mol. The van der Waals surface area contributed by atoms with Gasteiger partial charge in [-0.2, -0.15) is 0 Å². The van der Waals surface area contributed by atoms with Crippen LogP contribution in [0.3, 0.4) is 0 Å². The van der Waals surface area contributed by atoms with E-state index in [0.717, 1.165) is 10.6 Å². The smallest absolute Gasteiger partial charge is 0.257 e. The summed E-state index contributed by atoms with van der Waals surface area (Å²) in [5.41, 5.74) is 1.52. The summed E-state index contributed by atoms with van der Waals surface area (Å²) in [7, 11) is -2.12. The van der Waals surface area contributed by atoms with E-state index in [9.17, 15) is 17.6 Å². The van der Waals surface area contributed by atoms with Gasteiger partial charge < -0.3 is 5.32 Å². The van der Waals surface area contributed by atoms with Crippen molar-refractivity contribution >= 4 is 27.3 Å². The summed E-state index contributed by atoms with van der Waals surface area (Å²) in [4.78, 5) is 12.5. The van der Waals surface area contributed by atoms with Crippen molar-refractivity contribution in [1.82, 2.24) is 0 Å². The summed E-state index contributed by atoms with van der Waals surface area (Å²) in [6, 6.07) is 10.4. The maximum atomic E-state index is 13.1. The number of nitrogens with zero attached hydrogens (tertiary/aromatic N) is 1. The quantitative estimate of drug-likeness (QED) is 0.933. The van der Waals surface area contributed by atoms with Crippen molar-refractivity contribution in [2.75, 3.05) is 22.9 Å². The number of rotatable bonds is 4. The number of carbonyl (C=O) groups is 1. The molecule has 7 heteroatoms. The fraction of sp³-hybridized carbons (Fsp3) is 0.188. The Morgan fingerprint density at radius 3 is 2.43 bits per heavy atom. The Balaban J connectivity index is 2.37. The van der Waals surface area contributed by atoms with Crippen molar-refractivity contribution in [2.45, 2.75) is 6.92 Å². The van der Waals surface area contributed by atoms with Gasteiger partial charge in [0.25, 0.3) is 5.91 Å². The van der Waals surface area contributed by atoms with Crippen LogP contribution in [0.15, 0.2) is 42.5 Å². The van der Waals surface area contributed by atoms with E-state index < -0.39 is 21.7 Å². The molecule has 0 fully saturated rings. The number of anilines is 2. The minimum absolute atomic E-state index is 0.212. The average molecular weight is 336 g/mol. The number of aryl methyl sites for hydroxylation is 1. The van der Waals surface area contributed by atoms with Gasteiger partial charge in [-0.1, -0.05) is 12.1 Å². The number of carbonyl (C=O) groups excluding carboxylic acids is 1. The van der Waals surface area contributed by atoms with Crippen LogP contribution in [-0.4, -0.2) is 27.6 Å². The van der Waals surface area contributed by atoms with Crippen LogP contribution in [0, 0.1) is 12.7 Å². The van der Waals surface area contributed by atoms with Crippen molar-refractivity contribution in [3.05, 3.63) is 59.4 Å². The minimum atomic E-state index is -3.49. The molecule has 0 unspecified atom stereocenters. The van der Waals surface area contributed by atoms with E-state index in [1.165, 1.54) is 31.3 Å². The maximum Gasteiger partial charge on any atom is 0.257 e. The maximum absolute atomic E-state index is 13.1. The molecule has 0 saturated heterocycles. The van der Waals surface area contributed by atoms with Crippen molar-refractivity contribution in [1.29, 1.82) is 0 Å². The first-order valence-corrected chi connectivity index (χ1v) is 8.65. The first-order chi connectivity index (χ1) is 10.7. The van der Waals surface area contributed by atoms with Gasteiger partial charge in [-0.15, -0.1) is 0 Å². The summed E-state index contributed by atoms with van der Waals surface area (Å²) in [5.74, 6) is -0.858. The number of hydrogen-bond donors (Lipinski definition) is 1. The molecule has 23 heavy (non-hydrogen) atoms. The Morgan fingerprint density at radius 2 is 1.83 bits per heavy atom. The molecule has 0 aliphatic carbocycles. The average Bonchev–Trinajstić information content (AvgIpc) is 2.48. The first kappa shape index (κ1) is 17.0. The Kier molecular flexibility index (Phi) is 4.70. The van der Waals surface area contributed by atoms with E-state index in [2.05, 4.69) is 5.32 Å². The molecule has 0 heterocycles. The number of sulfonamides is 1. The first-order valence-electron chi connectivity index (χ1n) is 6.80. The van der Waals surface area contributed by atoms with Gasteiger partial charge >= 0.3 is 0 Å².